The third kappa shape index (κ3) is 4.46. The molecule has 134 valence electrons. The highest BCUT2D eigenvalue weighted by molar-refractivity contribution is 7.13. The van der Waals surface area contributed by atoms with Gasteiger partial charge in [-0.1, -0.05) is 6.92 Å². The van der Waals surface area contributed by atoms with Crippen molar-refractivity contribution in [1.82, 2.24) is 14.8 Å². The molecule has 2 aliphatic rings. The largest absolute Gasteiger partial charge is 0.375 e. The molecule has 0 atom stereocenters. The summed E-state index contributed by atoms with van der Waals surface area (Å²) in [6.45, 7) is 9.07. The normalized spacial score (nSPS) is 20.6. The van der Waals surface area contributed by atoms with Crippen molar-refractivity contribution < 1.29 is 9.53 Å². The van der Waals surface area contributed by atoms with Crippen LogP contribution in [0, 0.1) is 5.92 Å². The van der Waals surface area contributed by atoms with E-state index >= 15 is 0 Å². The molecule has 2 aliphatic heterocycles. The lowest BCUT2D eigenvalue weighted by Crippen LogP contribution is -2.49. The van der Waals surface area contributed by atoms with Crippen LogP contribution in [-0.2, 0) is 16.1 Å². The van der Waals surface area contributed by atoms with Gasteiger partial charge in [0.2, 0.25) is 5.91 Å². The molecule has 0 spiro atoms. The van der Waals surface area contributed by atoms with Gasteiger partial charge in [0, 0.05) is 45.2 Å². The number of rotatable bonds is 5. The number of piperazine rings is 1. The second kappa shape index (κ2) is 8.27. The monoisotopic (exact) mass is 352 g/mol. The van der Waals surface area contributed by atoms with Gasteiger partial charge in [0.15, 0.2) is 5.13 Å². The molecular weight excluding hydrogens is 324 g/mol. The van der Waals surface area contributed by atoms with E-state index < -0.39 is 0 Å². The van der Waals surface area contributed by atoms with Crippen LogP contribution in [0.4, 0.5) is 5.13 Å². The lowest BCUT2D eigenvalue weighted by molar-refractivity contribution is -0.135. The third-order valence-corrected chi connectivity index (χ3v) is 5.92. The smallest absolute Gasteiger partial charge is 0.248 e. The second-order valence-corrected chi connectivity index (χ2v) is 7.72. The van der Waals surface area contributed by atoms with E-state index in [4.69, 9.17) is 9.72 Å². The number of anilines is 1. The first-order chi connectivity index (χ1) is 11.7. The summed E-state index contributed by atoms with van der Waals surface area (Å²) in [6.07, 6.45) is 2.60. The van der Waals surface area contributed by atoms with Crippen LogP contribution in [0.15, 0.2) is 5.38 Å². The van der Waals surface area contributed by atoms with Crippen LogP contribution in [0.1, 0.15) is 25.5 Å². The molecule has 0 N–H and O–H groups in total. The van der Waals surface area contributed by atoms with Crippen LogP contribution in [0.25, 0.3) is 0 Å². The predicted molar refractivity (Wildman–Crippen MR) is 96.5 cm³/mol. The Morgan fingerprint density at radius 3 is 2.62 bits per heavy atom. The van der Waals surface area contributed by atoms with Crippen LogP contribution < -0.4 is 4.90 Å². The number of piperidine rings is 1. The number of thiazole rings is 1. The van der Waals surface area contributed by atoms with Crippen LogP contribution in [-0.4, -0.2) is 73.7 Å². The van der Waals surface area contributed by atoms with E-state index in [9.17, 15) is 4.79 Å². The van der Waals surface area contributed by atoms with Crippen molar-refractivity contribution in [3.05, 3.63) is 11.1 Å². The maximum absolute atomic E-state index is 11.9. The van der Waals surface area contributed by atoms with Crippen molar-refractivity contribution in [3.63, 3.8) is 0 Å². The molecule has 6 nitrogen and oxygen atoms in total. The van der Waals surface area contributed by atoms with Gasteiger partial charge in [-0.2, -0.15) is 0 Å². The number of carbonyl (C=O) groups excluding carboxylic acids is 1. The third-order valence-electron chi connectivity index (χ3n) is 4.97. The number of hydrogen-bond acceptors (Lipinski definition) is 6. The first kappa shape index (κ1) is 17.6. The molecule has 3 heterocycles. The van der Waals surface area contributed by atoms with Crippen LogP contribution in [0.5, 0.6) is 0 Å². The molecule has 7 heteroatoms. The maximum Gasteiger partial charge on any atom is 0.248 e. The Hall–Kier alpha value is -1.18. The maximum atomic E-state index is 11.9. The molecule has 0 bridgehead atoms. The fourth-order valence-electron chi connectivity index (χ4n) is 3.33. The van der Waals surface area contributed by atoms with Gasteiger partial charge in [-0.05, 0) is 31.8 Å². The number of amides is 1. The molecule has 2 fully saturated rings. The van der Waals surface area contributed by atoms with Gasteiger partial charge in [-0.15, -0.1) is 11.3 Å². The summed E-state index contributed by atoms with van der Waals surface area (Å²) in [5.41, 5.74) is 1.18. The molecule has 1 aromatic heterocycles. The van der Waals surface area contributed by atoms with Crippen LogP contribution in [0.2, 0.25) is 0 Å². The SMILES string of the molecule is COCC(=O)N1CCN(c2nc(CN3CCC(C)CC3)cs2)CC1. The quantitative estimate of drug-likeness (QED) is 0.807. The molecule has 0 radical (unpaired) electrons. The molecule has 0 aliphatic carbocycles. The number of hydrogen-bond donors (Lipinski definition) is 0. The highest BCUT2D eigenvalue weighted by Gasteiger charge is 2.23. The van der Waals surface area contributed by atoms with E-state index in [2.05, 4.69) is 22.1 Å². The molecular formula is C17H28N4O2S. The summed E-state index contributed by atoms with van der Waals surface area (Å²) < 4.78 is 4.93. The average Bonchev–Trinajstić information content (AvgIpc) is 3.06. The summed E-state index contributed by atoms with van der Waals surface area (Å²) in [5.74, 6) is 0.945. The molecule has 1 aromatic rings. The van der Waals surface area contributed by atoms with Gasteiger partial charge in [0.05, 0.1) is 5.69 Å². The van der Waals surface area contributed by atoms with Crippen molar-refractivity contribution in [1.29, 1.82) is 0 Å². The minimum atomic E-state index is 0.0799. The summed E-state index contributed by atoms with van der Waals surface area (Å²) in [7, 11) is 1.56. The first-order valence-corrected chi connectivity index (χ1v) is 9.72. The molecule has 1 amide bonds. The highest BCUT2D eigenvalue weighted by Crippen LogP contribution is 2.24. The Kier molecular flexibility index (Phi) is 6.08. The zero-order valence-electron chi connectivity index (χ0n) is 14.7. The minimum absolute atomic E-state index is 0.0799. The van der Waals surface area contributed by atoms with E-state index in [-0.39, 0.29) is 12.5 Å². The van der Waals surface area contributed by atoms with E-state index in [1.807, 2.05) is 4.90 Å². The summed E-state index contributed by atoms with van der Waals surface area (Å²) in [6, 6.07) is 0. The number of ether oxygens (including phenoxy) is 1. The average molecular weight is 353 g/mol. The van der Waals surface area contributed by atoms with Crippen LogP contribution in [0.3, 0.4) is 0 Å². The number of carbonyl (C=O) groups is 1. The topological polar surface area (TPSA) is 48.9 Å². The molecule has 0 unspecified atom stereocenters. The van der Waals surface area contributed by atoms with Crippen molar-refractivity contribution in [3.8, 4) is 0 Å². The fourth-order valence-corrected chi connectivity index (χ4v) is 4.20. The Balaban J connectivity index is 1.48. The lowest BCUT2D eigenvalue weighted by atomic mass is 9.99. The van der Waals surface area contributed by atoms with Crippen molar-refractivity contribution in [2.45, 2.75) is 26.3 Å². The lowest BCUT2D eigenvalue weighted by Gasteiger charge is -2.34. The van der Waals surface area contributed by atoms with Crippen molar-refractivity contribution >= 4 is 22.4 Å². The molecule has 0 aromatic carbocycles. The van der Waals surface area contributed by atoms with Gasteiger partial charge < -0.3 is 14.5 Å². The van der Waals surface area contributed by atoms with Gasteiger partial charge in [-0.3, -0.25) is 9.69 Å². The Bertz CT molecular complexity index is 534. The van der Waals surface area contributed by atoms with Crippen molar-refractivity contribution in [2.24, 2.45) is 5.92 Å². The molecule has 3 rings (SSSR count). The zero-order valence-corrected chi connectivity index (χ0v) is 15.6. The zero-order chi connectivity index (χ0) is 16.9. The van der Waals surface area contributed by atoms with E-state index in [1.54, 1.807) is 18.4 Å². The summed E-state index contributed by atoms with van der Waals surface area (Å²) >= 11 is 1.73. The Morgan fingerprint density at radius 2 is 1.96 bits per heavy atom. The molecule has 24 heavy (non-hydrogen) atoms. The number of aromatic nitrogens is 1. The van der Waals surface area contributed by atoms with Gasteiger partial charge in [0.25, 0.3) is 0 Å². The van der Waals surface area contributed by atoms with Gasteiger partial charge >= 0.3 is 0 Å². The fraction of sp³-hybridized carbons (Fsp3) is 0.765. The molecule has 2 saturated heterocycles. The molecule has 0 saturated carbocycles. The summed E-state index contributed by atoms with van der Waals surface area (Å²) in [5, 5.41) is 3.28. The van der Waals surface area contributed by atoms with Gasteiger partial charge in [0.1, 0.15) is 6.61 Å². The number of methoxy groups -OCH3 is 1. The Morgan fingerprint density at radius 1 is 1.25 bits per heavy atom. The summed E-state index contributed by atoms with van der Waals surface area (Å²) in [4.78, 5) is 23.4. The second-order valence-electron chi connectivity index (χ2n) is 6.88. The number of nitrogens with zero attached hydrogens (tertiary/aromatic N) is 4. The Labute approximate surface area is 148 Å². The van der Waals surface area contributed by atoms with Crippen molar-refractivity contribution in [2.75, 3.05) is 57.9 Å². The van der Waals surface area contributed by atoms with E-state index in [0.29, 0.717) is 0 Å². The standard InChI is InChI=1S/C17H28N4O2S/c1-14-3-5-19(6-4-14)11-15-13-24-17(18-15)21-9-7-20(8-10-21)16(22)12-23-2/h13-14H,3-12H2,1-2H3. The number of likely N-dealkylation sites (tertiary alicyclic amines) is 1. The highest BCUT2D eigenvalue weighted by atomic mass is 32.1. The van der Waals surface area contributed by atoms with E-state index in [0.717, 1.165) is 43.8 Å². The van der Waals surface area contributed by atoms with Crippen LogP contribution >= 0.6 is 11.3 Å². The minimum Gasteiger partial charge on any atom is -0.375 e. The van der Waals surface area contributed by atoms with Gasteiger partial charge in [-0.25, -0.2) is 4.98 Å². The first-order valence-electron chi connectivity index (χ1n) is 8.84. The van der Waals surface area contributed by atoms with E-state index in [1.165, 1.54) is 31.6 Å². The predicted octanol–water partition coefficient (Wildman–Crippen LogP) is 1.67.